The predicted octanol–water partition coefficient (Wildman–Crippen LogP) is 2.53. The lowest BCUT2D eigenvalue weighted by Gasteiger charge is -2.19. The Morgan fingerprint density at radius 3 is 2.97 bits per heavy atom. The van der Waals surface area contributed by atoms with Gasteiger partial charge in [-0.25, -0.2) is 19.2 Å². The molecule has 4 rings (SSSR count). The molecule has 2 aromatic heterocycles. The number of nitriles is 1. The third kappa shape index (κ3) is 3.16. The molecule has 3 aromatic rings. The van der Waals surface area contributed by atoms with Crippen LogP contribution in [0.15, 0.2) is 24.4 Å². The van der Waals surface area contributed by atoms with Gasteiger partial charge in [-0.2, -0.15) is 10.4 Å². The summed E-state index contributed by atoms with van der Waals surface area (Å²) in [6.07, 6.45) is -0.317. The van der Waals surface area contributed by atoms with Gasteiger partial charge in [-0.1, -0.05) is 0 Å². The van der Waals surface area contributed by atoms with Gasteiger partial charge in [0.2, 0.25) is 0 Å². The van der Waals surface area contributed by atoms with Crippen LogP contribution in [0.25, 0.3) is 11.3 Å². The van der Waals surface area contributed by atoms with Crippen LogP contribution in [-0.4, -0.2) is 25.8 Å². The topological polar surface area (TPSA) is 141 Å². The van der Waals surface area contributed by atoms with Crippen LogP contribution in [0.4, 0.5) is 20.8 Å². The second-order valence-corrected chi connectivity index (χ2v) is 6.21. The van der Waals surface area contributed by atoms with Crippen molar-refractivity contribution in [3.05, 3.63) is 41.5 Å². The van der Waals surface area contributed by atoms with E-state index in [1.807, 2.05) is 6.07 Å². The maximum absolute atomic E-state index is 13.8. The smallest absolute Gasteiger partial charge is 0.418 e. The van der Waals surface area contributed by atoms with E-state index in [4.69, 9.17) is 15.2 Å². The van der Waals surface area contributed by atoms with Gasteiger partial charge in [0.1, 0.15) is 29.4 Å². The van der Waals surface area contributed by atoms with E-state index in [9.17, 15) is 14.4 Å². The molecular weight excluding hydrogens is 381 g/mol. The highest BCUT2D eigenvalue weighted by Gasteiger charge is 2.26. The minimum Gasteiger partial charge on any atom is -0.467 e. The van der Waals surface area contributed by atoms with E-state index in [2.05, 4.69) is 20.4 Å². The number of nitrogens with two attached hydrogens (primary N) is 1. The lowest BCUT2D eigenvalue weighted by molar-refractivity contribution is 0.202. The van der Waals surface area contributed by atoms with Gasteiger partial charge >= 0.3 is 6.09 Å². The van der Waals surface area contributed by atoms with Crippen molar-refractivity contribution in [2.45, 2.75) is 13.0 Å². The Hall–Kier alpha value is -4.20. The van der Waals surface area contributed by atoms with Crippen molar-refractivity contribution >= 4 is 17.7 Å². The van der Waals surface area contributed by atoms with Crippen molar-refractivity contribution in [2.24, 2.45) is 7.05 Å². The lowest BCUT2D eigenvalue weighted by Crippen LogP contribution is -2.20. The SMILES string of the molecule is C[C@H]1Oc2nc(cnc2N)-c2c(nn(C)c2C#N)NC(=O)Oc2ccc(F)cc21. The van der Waals surface area contributed by atoms with Gasteiger partial charge in [-0.3, -0.25) is 10.00 Å². The summed E-state index contributed by atoms with van der Waals surface area (Å²) < 4.78 is 26.2. The first-order valence-electron chi connectivity index (χ1n) is 8.42. The van der Waals surface area contributed by atoms with E-state index in [-0.39, 0.29) is 45.8 Å². The van der Waals surface area contributed by atoms with Gasteiger partial charge in [-0.15, -0.1) is 0 Å². The minimum atomic E-state index is -0.877. The quantitative estimate of drug-likeness (QED) is 0.591. The number of nitrogens with one attached hydrogen (secondary N) is 1. The number of anilines is 2. The number of nitrogen functional groups attached to an aromatic ring is 1. The summed E-state index contributed by atoms with van der Waals surface area (Å²) >= 11 is 0. The number of nitrogens with zero attached hydrogens (tertiary/aromatic N) is 5. The number of hydrogen-bond acceptors (Lipinski definition) is 8. The van der Waals surface area contributed by atoms with Crippen LogP contribution in [0.1, 0.15) is 24.3 Å². The number of hydrogen-bond donors (Lipinski definition) is 2. The van der Waals surface area contributed by atoms with E-state index < -0.39 is 18.0 Å². The number of rotatable bonds is 0. The standard InChI is InChI=1S/C18H14FN7O3/c1-8-10-5-9(19)3-4-13(10)29-18(27)24-16-14(12(6-20)26(2)25-16)11-7-22-15(21)17(23-11)28-8/h3-5,7-8H,1-2H3,(H2,21,22)(H,24,25,27)/t8-/m1/s1. The zero-order valence-electron chi connectivity index (χ0n) is 15.3. The van der Waals surface area contributed by atoms with Crippen LogP contribution in [-0.2, 0) is 7.05 Å². The summed E-state index contributed by atoms with van der Waals surface area (Å²) in [5, 5.41) is 16.1. The number of carbonyl (C=O) groups excluding carboxylic acids is 1. The molecule has 0 saturated heterocycles. The molecule has 0 spiro atoms. The number of aromatic nitrogens is 4. The fourth-order valence-corrected chi connectivity index (χ4v) is 2.95. The molecular formula is C18H14FN7O3. The van der Waals surface area contributed by atoms with E-state index in [1.54, 1.807) is 14.0 Å². The van der Waals surface area contributed by atoms with Crippen molar-refractivity contribution in [1.29, 1.82) is 5.26 Å². The highest BCUT2D eigenvalue weighted by Crippen LogP contribution is 2.35. The molecule has 1 atom stereocenters. The molecule has 1 aromatic carbocycles. The Balaban J connectivity index is 1.94. The molecule has 10 nitrogen and oxygen atoms in total. The summed E-state index contributed by atoms with van der Waals surface area (Å²) in [5.41, 5.74) is 6.73. The van der Waals surface area contributed by atoms with E-state index in [0.717, 1.165) is 6.07 Å². The molecule has 0 unspecified atom stereocenters. The molecule has 0 fully saturated rings. The summed E-state index contributed by atoms with van der Waals surface area (Å²) in [6.45, 7) is 1.62. The van der Waals surface area contributed by atoms with Crippen molar-refractivity contribution in [2.75, 3.05) is 11.1 Å². The van der Waals surface area contributed by atoms with E-state index in [0.29, 0.717) is 0 Å². The van der Waals surface area contributed by atoms with Crippen molar-refractivity contribution in [3.8, 4) is 29.0 Å². The largest absolute Gasteiger partial charge is 0.467 e. The third-order valence-corrected chi connectivity index (χ3v) is 4.30. The maximum Gasteiger partial charge on any atom is 0.418 e. The summed E-state index contributed by atoms with van der Waals surface area (Å²) in [4.78, 5) is 20.9. The summed E-state index contributed by atoms with van der Waals surface area (Å²) in [7, 11) is 1.54. The Morgan fingerprint density at radius 2 is 2.21 bits per heavy atom. The number of amides is 1. The number of halogens is 1. The molecule has 1 aliphatic heterocycles. The molecule has 0 aliphatic carbocycles. The Morgan fingerprint density at radius 1 is 1.41 bits per heavy atom. The van der Waals surface area contributed by atoms with Crippen LogP contribution in [0, 0.1) is 17.1 Å². The van der Waals surface area contributed by atoms with Crippen LogP contribution < -0.4 is 20.5 Å². The minimum absolute atomic E-state index is 0.00418. The first-order valence-corrected chi connectivity index (χ1v) is 8.42. The monoisotopic (exact) mass is 395 g/mol. The number of benzene rings is 1. The first-order chi connectivity index (χ1) is 13.9. The molecule has 11 heteroatoms. The van der Waals surface area contributed by atoms with Crippen LogP contribution in [0.3, 0.4) is 0 Å². The Kier molecular flexibility index (Phi) is 4.23. The van der Waals surface area contributed by atoms with Crippen molar-refractivity contribution < 1.29 is 18.7 Å². The van der Waals surface area contributed by atoms with E-state index >= 15 is 0 Å². The summed E-state index contributed by atoms with van der Waals surface area (Å²) in [6, 6.07) is 5.66. The predicted molar refractivity (Wildman–Crippen MR) is 98.5 cm³/mol. The normalized spacial score (nSPS) is 15.4. The zero-order valence-corrected chi connectivity index (χ0v) is 15.3. The third-order valence-electron chi connectivity index (χ3n) is 4.30. The average molecular weight is 395 g/mol. The van der Waals surface area contributed by atoms with E-state index in [1.165, 1.54) is 23.0 Å². The molecule has 1 amide bonds. The van der Waals surface area contributed by atoms with Crippen LogP contribution in [0.5, 0.6) is 11.6 Å². The lowest BCUT2D eigenvalue weighted by atomic mass is 10.1. The fraction of sp³-hybridized carbons (Fsp3) is 0.167. The average Bonchev–Trinajstić information content (AvgIpc) is 2.98. The highest BCUT2D eigenvalue weighted by molar-refractivity contribution is 5.91. The highest BCUT2D eigenvalue weighted by atomic mass is 19.1. The number of ether oxygens (including phenoxy) is 2. The van der Waals surface area contributed by atoms with Gasteiger partial charge in [-0.05, 0) is 25.1 Å². The molecule has 0 saturated carbocycles. The van der Waals surface area contributed by atoms with Gasteiger partial charge in [0.05, 0.1) is 17.5 Å². The molecule has 146 valence electrons. The van der Waals surface area contributed by atoms with Crippen molar-refractivity contribution in [3.63, 3.8) is 0 Å². The molecule has 3 N–H and O–H groups in total. The Labute approximate surface area is 163 Å². The zero-order chi connectivity index (χ0) is 20.7. The van der Waals surface area contributed by atoms with Gasteiger partial charge in [0.15, 0.2) is 11.6 Å². The van der Waals surface area contributed by atoms with Gasteiger partial charge < -0.3 is 15.2 Å². The fourth-order valence-electron chi connectivity index (χ4n) is 2.95. The molecule has 2 bridgehead atoms. The molecule has 0 radical (unpaired) electrons. The van der Waals surface area contributed by atoms with Crippen LogP contribution in [0.2, 0.25) is 0 Å². The van der Waals surface area contributed by atoms with Gasteiger partial charge in [0, 0.05) is 12.6 Å². The van der Waals surface area contributed by atoms with Crippen LogP contribution >= 0.6 is 0 Å². The second kappa shape index (κ2) is 6.75. The van der Waals surface area contributed by atoms with Gasteiger partial charge in [0.25, 0.3) is 5.88 Å². The number of aryl methyl sites for hydroxylation is 1. The second-order valence-electron chi connectivity index (χ2n) is 6.21. The summed E-state index contributed by atoms with van der Waals surface area (Å²) in [5.74, 6) is -0.428. The maximum atomic E-state index is 13.8. The molecule has 29 heavy (non-hydrogen) atoms. The first kappa shape index (κ1) is 18.2. The number of carbonyl (C=O) groups is 1. The van der Waals surface area contributed by atoms with Crippen molar-refractivity contribution in [1.82, 2.24) is 19.7 Å². The number of fused-ring (bicyclic) bond motifs is 5. The Bertz CT molecular complexity index is 1180. The molecule has 3 heterocycles. The molecule has 1 aliphatic rings.